The quantitative estimate of drug-likeness (QED) is 0.585. The van der Waals surface area contributed by atoms with Crippen LogP contribution in [0, 0.1) is 5.92 Å². The maximum Gasteiger partial charge on any atom is 0.350 e. The summed E-state index contributed by atoms with van der Waals surface area (Å²) in [5.74, 6) is 1.42. The molecule has 0 saturated carbocycles. The molecule has 3 aromatic rings. The summed E-state index contributed by atoms with van der Waals surface area (Å²) in [6, 6.07) is 16.4. The van der Waals surface area contributed by atoms with Crippen molar-refractivity contribution in [3.8, 4) is 11.4 Å². The molecular weight excluding hydrogens is 390 g/mol. The Morgan fingerprint density at radius 3 is 1.90 bits per heavy atom. The zero-order valence-electron chi connectivity index (χ0n) is 18.6. The molecule has 0 unspecified atom stereocenters. The van der Waals surface area contributed by atoms with Crippen LogP contribution in [0.1, 0.15) is 20.3 Å². The van der Waals surface area contributed by atoms with Crippen molar-refractivity contribution < 1.29 is 4.74 Å². The number of benzene rings is 2. The van der Waals surface area contributed by atoms with E-state index in [2.05, 4.69) is 53.0 Å². The SMILES string of the molecule is COc1ccc(N2CCN(c3ccc(-n4cnn(CCC(C)C)c4=O)cc3)CC2)cc1. The Kier molecular flexibility index (Phi) is 6.30. The first kappa shape index (κ1) is 21.0. The van der Waals surface area contributed by atoms with Crippen LogP contribution in [0.15, 0.2) is 59.7 Å². The highest BCUT2D eigenvalue weighted by atomic mass is 16.5. The van der Waals surface area contributed by atoms with Gasteiger partial charge in [0, 0.05) is 44.1 Å². The molecule has 0 bridgehead atoms. The van der Waals surface area contributed by atoms with Gasteiger partial charge in [0.05, 0.1) is 12.8 Å². The molecule has 2 aromatic carbocycles. The lowest BCUT2D eigenvalue weighted by Crippen LogP contribution is -2.46. The molecule has 1 aromatic heterocycles. The Balaban J connectivity index is 1.38. The molecule has 1 aliphatic heterocycles. The van der Waals surface area contributed by atoms with E-state index in [-0.39, 0.29) is 5.69 Å². The minimum absolute atomic E-state index is 0.0819. The molecule has 0 N–H and O–H groups in total. The number of rotatable bonds is 7. The molecule has 1 fully saturated rings. The second kappa shape index (κ2) is 9.29. The number of ether oxygens (including phenoxy) is 1. The predicted octanol–water partition coefficient (Wildman–Crippen LogP) is 3.42. The van der Waals surface area contributed by atoms with Crippen LogP contribution in [0.25, 0.3) is 5.69 Å². The van der Waals surface area contributed by atoms with Gasteiger partial charge in [-0.25, -0.2) is 14.0 Å². The number of hydrogen-bond acceptors (Lipinski definition) is 5. The minimum Gasteiger partial charge on any atom is -0.497 e. The van der Waals surface area contributed by atoms with E-state index in [1.54, 1.807) is 22.7 Å². The fourth-order valence-corrected chi connectivity index (χ4v) is 3.89. The van der Waals surface area contributed by atoms with Crippen LogP contribution < -0.4 is 20.2 Å². The summed E-state index contributed by atoms with van der Waals surface area (Å²) in [4.78, 5) is 17.4. The largest absolute Gasteiger partial charge is 0.497 e. The highest BCUT2D eigenvalue weighted by Crippen LogP contribution is 2.23. The van der Waals surface area contributed by atoms with E-state index < -0.39 is 0 Å². The molecular formula is C24H31N5O2. The van der Waals surface area contributed by atoms with Gasteiger partial charge in [0.25, 0.3) is 0 Å². The van der Waals surface area contributed by atoms with Gasteiger partial charge in [0.2, 0.25) is 0 Å². The second-order valence-corrected chi connectivity index (χ2v) is 8.38. The highest BCUT2D eigenvalue weighted by Gasteiger charge is 2.18. The lowest BCUT2D eigenvalue weighted by atomic mass is 10.1. The van der Waals surface area contributed by atoms with Crippen molar-refractivity contribution in [3.05, 3.63) is 65.3 Å². The molecule has 0 atom stereocenters. The van der Waals surface area contributed by atoms with Crippen molar-refractivity contribution >= 4 is 11.4 Å². The maximum absolute atomic E-state index is 12.6. The number of methoxy groups -OCH3 is 1. The fraction of sp³-hybridized carbons (Fsp3) is 0.417. The van der Waals surface area contributed by atoms with E-state index >= 15 is 0 Å². The number of aromatic nitrogens is 3. The Morgan fingerprint density at radius 1 is 0.871 bits per heavy atom. The van der Waals surface area contributed by atoms with Crippen molar-refractivity contribution in [3.63, 3.8) is 0 Å². The Labute approximate surface area is 183 Å². The van der Waals surface area contributed by atoms with Crippen molar-refractivity contribution in [1.29, 1.82) is 0 Å². The molecule has 0 amide bonds. The van der Waals surface area contributed by atoms with E-state index in [0.29, 0.717) is 12.5 Å². The van der Waals surface area contributed by atoms with Crippen LogP contribution in [-0.2, 0) is 6.54 Å². The van der Waals surface area contributed by atoms with E-state index in [1.807, 2.05) is 24.3 Å². The second-order valence-electron chi connectivity index (χ2n) is 8.38. The van der Waals surface area contributed by atoms with Crippen molar-refractivity contribution in [1.82, 2.24) is 14.3 Å². The smallest absolute Gasteiger partial charge is 0.350 e. The molecule has 0 aliphatic carbocycles. The van der Waals surface area contributed by atoms with Crippen molar-refractivity contribution in [2.75, 3.05) is 43.1 Å². The van der Waals surface area contributed by atoms with Gasteiger partial charge in [-0.05, 0) is 60.9 Å². The average molecular weight is 422 g/mol. The van der Waals surface area contributed by atoms with Crippen LogP contribution in [-0.4, -0.2) is 47.6 Å². The summed E-state index contributed by atoms with van der Waals surface area (Å²) in [6.45, 7) is 8.80. The van der Waals surface area contributed by atoms with Crippen LogP contribution in [0.2, 0.25) is 0 Å². The lowest BCUT2D eigenvalue weighted by molar-refractivity contribution is 0.415. The topological polar surface area (TPSA) is 55.5 Å². The summed E-state index contributed by atoms with van der Waals surface area (Å²) >= 11 is 0. The number of anilines is 2. The Bertz CT molecular complexity index is 1030. The van der Waals surface area contributed by atoms with Gasteiger partial charge in [-0.15, -0.1) is 0 Å². The number of piperazine rings is 1. The summed E-state index contributed by atoms with van der Waals surface area (Å²) in [7, 11) is 1.69. The molecule has 0 radical (unpaired) electrons. The molecule has 7 nitrogen and oxygen atoms in total. The minimum atomic E-state index is -0.0819. The summed E-state index contributed by atoms with van der Waals surface area (Å²) in [6.07, 6.45) is 2.56. The van der Waals surface area contributed by atoms with Gasteiger partial charge >= 0.3 is 5.69 Å². The van der Waals surface area contributed by atoms with Crippen LogP contribution in [0.5, 0.6) is 5.75 Å². The Morgan fingerprint density at radius 2 is 1.39 bits per heavy atom. The molecule has 1 aliphatic rings. The first-order valence-electron chi connectivity index (χ1n) is 10.9. The number of nitrogens with zero attached hydrogens (tertiary/aromatic N) is 5. The highest BCUT2D eigenvalue weighted by molar-refractivity contribution is 5.54. The average Bonchev–Trinajstić information content (AvgIpc) is 3.18. The molecule has 31 heavy (non-hydrogen) atoms. The van der Waals surface area contributed by atoms with E-state index in [0.717, 1.165) is 44.0 Å². The van der Waals surface area contributed by atoms with Crippen molar-refractivity contribution in [2.45, 2.75) is 26.8 Å². The summed E-state index contributed by atoms with van der Waals surface area (Å²) in [5, 5.41) is 4.27. The third-order valence-corrected chi connectivity index (χ3v) is 5.86. The maximum atomic E-state index is 12.6. The van der Waals surface area contributed by atoms with Gasteiger partial charge in [0.15, 0.2) is 0 Å². The molecule has 1 saturated heterocycles. The first-order valence-corrected chi connectivity index (χ1v) is 10.9. The number of aryl methyl sites for hydroxylation is 1. The van der Waals surface area contributed by atoms with Crippen LogP contribution in [0.4, 0.5) is 11.4 Å². The van der Waals surface area contributed by atoms with Crippen LogP contribution >= 0.6 is 0 Å². The Hall–Kier alpha value is -3.22. The van der Waals surface area contributed by atoms with Gasteiger partial charge in [0.1, 0.15) is 12.1 Å². The van der Waals surface area contributed by atoms with Crippen LogP contribution in [0.3, 0.4) is 0 Å². The van der Waals surface area contributed by atoms with Gasteiger partial charge in [-0.1, -0.05) is 13.8 Å². The van der Waals surface area contributed by atoms with Gasteiger partial charge in [-0.3, -0.25) is 0 Å². The zero-order valence-corrected chi connectivity index (χ0v) is 18.6. The molecule has 164 valence electrons. The third-order valence-electron chi connectivity index (χ3n) is 5.86. The van der Waals surface area contributed by atoms with E-state index in [9.17, 15) is 4.79 Å². The van der Waals surface area contributed by atoms with Crippen molar-refractivity contribution in [2.24, 2.45) is 5.92 Å². The third kappa shape index (κ3) is 4.76. The zero-order chi connectivity index (χ0) is 21.8. The lowest BCUT2D eigenvalue weighted by Gasteiger charge is -2.37. The standard InChI is InChI=1S/C24H31N5O2/c1-19(2)12-13-29-24(30)28(18-25-29)22-6-4-20(5-7-22)26-14-16-27(17-15-26)21-8-10-23(31-3)11-9-21/h4-11,18-19H,12-17H2,1-3H3. The first-order chi connectivity index (χ1) is 15.0. The summed E-state index contributed by atoms with van der Waals surface area (Å²) < 4.78 is 8.41. The molecule has 4 rings (SSSR count). The predicted molar refractivity (Wildman–Crippen MR) is 125 cm³/mol. The van der Waals surface area contributed by atoms with E-state index in [1.165, 1.54) is 11.4 Å². The number of hydrogen-bond donors (Lipinski definition) is 0. The van der Waals surface area contributed by atoms with Gasteiger partial charge < -0.3 is 14.5 Å². The fourth-order valence-electron chi connectivity index (χ4n) is 3.89. The summed E-state index contributed by atoms with van der Waals surface area (Å²) in [5.41, 5.74) is 3.17. The normalized spacial score (nSPS) is 14.3. The van der Waals surface area contributed by atoms with Gasteiger partial charge in [-0.2, -0.15) is 5.10 Å². The molecule has 2 heterocycles. The van der Waals surface area contributed by atoms with E-state index in [4.69, 9.17) is 4.74 Å². The molecule has 7 heteroatoms. The monoisotopic (exact) mass is 421 g/mol. The molecule has 0 spiro atoms.